The minimum Gasteiger partial charge on any atom is -0.370 e. The molecule has 0 radical (unpaired) electrons. The van der Waals surface area contributed by atoms with Crippen molar-refractivity contribution in [3.05, 3.63) is 34.6 Å². The molecule has 5 heteroatoms. The number of benzene rings is 1. The second-order valence-corrected chi connectivity index (χ2v) is 6.47. The molecule has 1 heterocycles. The van der Waals surface area contributed by atoms with Gasteiger partial charge in [-0.05, 0) is 39.0 Å². The number of ether oxygens (including phenoxy) is 1. The average molecular weight is 301 g/mol. The molecule has 2 rings (SSSR count). The van der Waals surface area contributed by atoms with E-state index in [4.69, 9.17) is 22.1 Å². The standard InChI is InChI=1S/C15H22ClFN2O/c1-10-8-19(9-15(2,3)20-10)14(7-18)12-6-11(16)4-5-13(12)17/h4-6,10,14H,7-9,18H2,1-3H3. The third kappa shape index (κ3) is 3.50. The van der Waals surface area contributed by atoms with E-state index in [9.17, 15) is 4.39 Å². The summed E-state index contributed by atoms with van der Waals surface area (Å²) in [4.78, 5) is 2.18. The van der Waals surface area contributed by atoms with Crippen molar-refractivity contribution in [1.29, 1.82) is 0 Å². The number of halogens is 2. The number of morpholine rings is 1. The fourth-order valence-corrected chi connectivity index (χ4v) is 3.16. The Kier molecular flexibility index (Phi) is 4.69. The maximum Gasteiger partial charge on any atom is 0.128 e. The van der Waals surface area contributed by atoms with Crippen molar-refractivity contribution < 1.29 is 9.13 Å². The number of hydrogen-bond donors (Lipinski definition) is 1. The predicted octanol–water partition coefficient (Wildman–Crippen LogP) is 2.98. The molecule has 1 aliphatic heterocycles. The van der Waals surface area contributed by atoms with Gasteiger partial charge in [-0.15, -0.1) is 0 Å². The van der Waals surface area contributed by atoms with E-state index in [2.05, 4.69) is 4.90 Å². The normalized spacial score (nSPS) is 24.6. The van der Waals surface area contributed by atoms with E-state index in [-0.39, 0.29) is 23.6 Å². The maximum atomic E-state index is 14.1. The summed E-state index contributed by atoms with van der Waals surface area (Å²) in [6, 6.07) is 4.44. The Labute approximate surface area is 124 Å². The van der Waals surface area contributed by atoms with E-state index < -0.39 is 0 Å². The van der Waals surface area contributed by atoms with Crippen molar-refractivity contribution in [2.75, 3.05) is 19.6 Å². The lowest BCUT2D eigenvalue weighted by Gasteiger charge is -2.45. The van der Waals surface area contributed by atoms with Crippen LogP contribution in [0.5, 0.6) is 0 Å². The molecule has 112 valence electrons. The first-order chi connectivity index (χ1) is 9.32. The third-order valence-electron chi connectivity index (χ3n) is 3.58. The summed E-state index contributed by atoms with van der Waals surface area (Å²) >= 11 is 5.99. The van der Waals surface area contributed by atoms with Gasteiger partial charge in [0.25, 0.3) is 0 Å². The monoisotopic (exact) mass is 300 g/mol. The van der Waals surface area contributed by atoms with E-state index in [1.807, 2.05) is 20.8 Å². The molecule has 1 fully saturated rings. The van der Waals surface area contributed by atoms with Crippen LogP contribution in [-0.2, 0) is 4.74 Å². The lowest BCUT2D eigenvalue weighted by molar-refractivity contribution is -0.138. The van der Waals surface area contributed by atoms with Crippen LogP contribution in [0.15, 0.2) is 18.2 Å². The molecule has 3 nitrogen and oxygen atoms in total. The number of rotatable bonds is 3. The molecule has 0 amide bonds. The first kappa shape index (κ1) is 15.7. The molecule has 20 heavy (non-hydrogen) atoms. The van der Waals surface area contributed by atoms with Crippen molar-refractivity contribution in [1.82, 2.24) is 4.90 Å². The second-order valence-electron chi connectivity index (χ2n) is 6.03. The summed E-state index contributed by atoms with van der Waals surface area (Å²) in [6.45, 7) is 7.90. The fourth-order valence-electron chi connectivity index (χ4n) is 2.98. The van der Waals surface area contributed by atoms with Gasteiger partial charge in [-0.25, -0.2) is 4.39 Å². The quantitative estimate of drug-likeness (QED) is 0.932. The minimum atomic E-state index is -0.264. The van der Waals surface area contributed by atoms with Crippen molar-refractivity contribution in [3.8, 4) is 0 Å². The molecule has 2 N–H and O–H groups in total. The summed E-state index contributed by atoms with van der Waals surface area (Å²) in [6.07, 6.45) is 0.0926. The van der Waals surface area contributed by atoms with E-state index in [0.29, 0.717) is 23.7 Å². The Hall–Kier alpha value is -0.680. The van der Waals surface area contributed by atoms with Crippen LogP contribution in [0.3, 0.4) is 0 Å². The van der Waals surface area contributed by atoms with Crippen molar-refractivity contribution in [3.63, 3.8) is 0 Å². The van der Waals surface area contributed by atoms with Crippen LogP contribution >= 0.6 is 11.6 Å². The number of nitrogens with two attached hydrogens (primary N) is 1. The highest BCUT2D eigenvalue weighted by Crippen LogP contribution is 2.31. The van der Waals surface area contributed by atoms with Crippen LogP contribution in [0.4, 0.5) is 4.39 Å². The smallest absolute Gasteiger partial charge is 0.128 e. The van der Waals surface area contributed by atoms with Crippen molar-refractivity contribution >= 4 is 11.6 Å². The van der Waals surface area contributed by atoms with Crippen LogP contribution in [0.1, 0.15) is 32.4 Å². The highest BCUT2D eigenvalue weighted by atomic mass is 35.5. The zero-order chi connectivity index (χ0) is 14.9. The van der Waals surface area contributed by atoms with Crippen LogP contribution in [0.2, 0.25) is 5.02 Å². The van der Waals surface area contributed by atoms with Gasteiger partial charge in [0.1, 0.15) is 5.82 Å². The molecule has 1 aliphatic rings. The van der Waals surface area contributed by atoms with E-state index >= 15 is 0 Å². The van der Waals surface area contributed by atoms with Gasteiger partial charge in [0.2, 0.25) is 0 Å². The molecule has 0 aliphatic carbocycles. The molecule has 2 unspecified atom stereocenters. The molecule has 0 saturated carbocycles. The third-order valence-corrected chi connectivity index (χ3v) is 3.81. The predicted molar refractivity (Wildman–Crippen MR) is 79.4 cm³/mol. The second kappa shape index (κ2) is 5.98. The molecule has 0 aromatic heterocycles. The van der Waals surface area contributed by atoms with Gasteiger partial charge < -0.3 is 10.5 Å². The van der Waals surface area contributed by atoms with Gasteiger partial charge >= 0.3 is 0 Å². The van der Waals surface area contributed by atoms with E-state index in [1.165, 1.54) is 6.07 Å². The molecule has 0 spiro atoms. The molecule has 0 bridgehead atoms. The Morgan fingerprint density at radius 2 is 2.25 bits per heavy atom. The van der Waals surface area contributed by atoms with Gasteiger partial charge in [-0.3, -0.25) is 4.90 Å². The van der Waals surface area contributed by atoms with E-state index in [1.54, 1.807) is 12.1 Å². The lowest BCUT2D eigenvalue weighted by atomic mass is 9.99. The number of hydrogen-bond acceptors (Lipinski definition) is 3. The molecular weight excluding hydrogens is 279 g/mol. The zero-order valence-electron chi connectivity index (χ0n) is 12.2. The van der Waals surface area contributed by atoms with E-state index in [0.717, 1.165) is 6.54 Å². The van der Waals surface area contributed by atoms with Crippen LogP contribution in [0, 0.1) is 5.82 Å². The fraction of sp³-hybridized carbons (Fsp3) is 0.600. The summed E-state index contributed by atoms with van der Waals surface area (Å²) < 4.78 is 20.0. The molecule has 1 aromatic carbocycles. The first-order valence-corrected chi connectivity index (χ1v) is 7.27. The van der Waals surface area contributed by atoms with Gasteiger partial charge in [-0.2, -0.15) is 0 Å². The van der Waals surface area contributed by atoms with Gasteiger partial charge in [-0.1, -0.05) is 11.6 Å². The van der Waals surface area contributed by atoms with Crippen LogP contribution < -0.4 is 5.73 Å². The average Bonchev–Trinajstić information content (AvgIpc) is 2.32. The maximum absolute atomic E-state index is 14.1. The van der Waals surface area contributed by atoms with Crippen LogP contribution in [-0.4, -0.2) is 36.2 Å². The van der Waals surface area contributed by atoms with Crippen molar-refractivity contribution in [2.24, 2.45) is 5.73 Å². The summed E-state index contributed by atoms with van der Waals surface area (Å²) in [7, 11) is 0. The Balaban J connectivity index is 2.29. The van der Waals surface area contributed by atoms with Gasteiger partial charge in [0.15, 0.2) is 0 Å². The summed E-state index contributed by atoms with van der Waals surface area (Å²) in [5, 5.41) is 0.528. The van der Waals surface area contributed by atoms with Crippen LogP contribution in [0.25, 0.3) is 0 Å². The summed E-state index contributed by atoms with van der Waals surface area (Å²) in [5.74, 6) is -0.262. The Bertz CT molecular complexity index is 481. The largest absolute Gasteiger partial charge is 0.370 e. The first-order valence-electron chi connectivity index (χ1n) is 6.89. The van der Waals surface area contributed by atoms with Crippen molar-refractivity contribution in [2.45, 2.75) is 38.5 Å². The Morgan fingerprint density at radius 1 is 1.55 bits per heavy atom. The van der Waals surface area contributed by atoms with Gasteiger partial charge in [0.05, 0.1) is 17.7 Å². The summed E-state index contributed by atoms with van der Waals surface area (Å²) in [5.41, 5.74) is 6.19. The SMILES string of the molecule is CC1CN(C(CN)c2cc(Cl)ccc2F)CC(C)(C)O1. The molecule has 2 atom stereocenters. The molecule has 1 saturated heterocycles. The minimum absolute atomic E-state index is 0.0926. The topological polar surface area (TPSA) is 38.5 Å². The Morgan fingerprint density at radius 3 is 2.85 bits per heavy atom. The van der Waals surface area contributed by atoms with Gasteiger partial charge in [0, 0.05) is 30.2 Å². The lowest BCUT2D eigenvalue weighted by Crippen LogP contribution is -2.54. The number of nitrogens with zero attached hydrogens (tertiary/aromatic N) is 1. The highest BCUT2D eigenvalue weighted by molar-refractivity contribution is 6.30. The molecule has 1 aromatic rings. The highest BCUT2D eigenvalue weighted by Gasteiger charge is 2.35. The molecular formula is C15H22ClFN2O. The zero-order valence-corrected chi connectivity index (χ0v) is 13.0.